The Labute approximate surface area is 109 Å². The van der Waals surface area contributed by atoms with Crippen molar-refractivity contribution < 1.29 is 0 Å². The van der Waals surface area contributed by atoms with Crippen molar-refractivity contribution in [3.63, 3.8) is 0 Å². The van der Waals surface area contributed by atoms with Crippen LogP contribution in [-0.4, -0.2) is 18.1 Å². The second-order valence-electron chi connectivity index (χ2n) is 5.62. The molecule has 0 bridgehead atoms. The molecule has 1 aliphatic rings. The molecule has 0 radical (unpaired) electrons. The average molecular weight is 242 g/mol. The molecule has 0 aliphatic carbocycles. The van der Waals surface area contributed by atoms with Crippen molar-refractivity contribution in [1.29, 1.82) is 0 Å². The van der Waals surface area contributed by atoms with Crippen LogP contribution in [-0.2, 0) is 6.42 Å². The van der Waals surface area contributed by atoms with Gasteiger partial charge in [-0.3, -0.25) is 0 Å². The van der Waals surface area contributed by atoms with Gasteiger partial charge in [-0.05, 0) is 63.2 Å². The van der Waals surface area contributed by atoms with Gasteiger partial charge in [0, 0.05) is 16.6 Å². The van der Waals surface area contributed by atoms with Crippen LogP contribution in [0.25, 0.3) is 10.9 Å². The van der Waals surface area contributed by atoms with Crippen LogP contribution in [0.4, 0.5) is 0 Å². The van der Waals surface area contributed by atoms with Crippen molar-refractivity contribution in [3.05, 3.63) is 35.0 Å². The third-order valence-electron chi connectivity index (χ3n) is 4.31. The lowest BCUT2D eigenvalue weighted by Crippen LogP contribution is -2.28. The van der Waals surface area contributed by atoms with E-state index in [0.717, 1.165) is 5.92 Å². The standard InChI is InChI=1S/C16H22N2/c1-11-4-3-5-14-15(12(2)18-16(11)14)10-13-6-8-17-9-7-13/h3-5,13,17-18H,6-10H2,1-2H3. The number of piperidine rings is 1. The summed E-state index contributed by atoms with van der Waals surface area (Å²) >= 11 is 0. The summed E-state index contributed by atoms with van der Waals surface area (Å²) in [6.07, 6.45) is 3.87. The van der Waals surface area contributed by atoms with Crippen LogP contribution in [0.15, 0.2) is 18.2 Å². The molecule has 1 aromatic heterocycles. The first-order valence-electron chi connectivity index (χ1n) is 7.03. The number of benzene rings is 1. The molecule has 2 heteroatoms. The van der Waals surface area contributed by atoms with E-state index in [1.807, 2.05) is 0 Å². The van der Waals surface area contributed by atoms with Crippen molar-refractivity contribution >= 4 is 10.9 Å². The summed E-state index contributed by atoms with van der Waals surface area (Å²) < 4.78 is 0. The van der Waals surface area contributed by atoms with E-state index in [1.54, 1.807) is 5.56 Å². The Bertz CT molecular complexity index is 547. The van der Waals surface area contributed by atoms with Gasteiger partial charge in [-0.15, -0.1) is 0 Å². The first-order valence-corrected chi connectivity index (χ1v) is 7.03. The number of H-pyrrole nitrogens is 1. The fourth-order valence-corrected chi connectivity index (χ4v) is 3.19. The Morgan fingerprint density at radius 2 is 1.94 bits per heavy atom. The van der Waals surface area contributed by atoms with Gasteiger partial charge in [0.15, 0.2) is 0 Å². The van der Waals surface area contributed by atoms with Crippen LogP contribution in [0, 0.1) is 19.8 Å². The van der Waals surface area contributed by atoms with Crippen LogP contribution < -0.4 is 5.32 Å². The number of aromatic nitrogens is 1. The summed E-state index contributed by atoms with van der Waals surface area (Å²) in [5, 5.41) is 4.88. The molecule has 0 saturated carbocycles. The Kier molecular flexibility index (Phi) is 3.13. The number of aryl methyl sites for hydroxylation is 2. The molecule has 0 atom stereocenters. The molecule has 1 aromatic carbocycles. The van der Waals surface area contributed by atoms with E-state index in [4.69, 9.17) is 0 Å². The molecule has 1 fully saturated rings. The Hall–Kier alpha value is -1.28. The lowest BCUT2D eigenvalue weighted by molar-refractivity contribution is 0.373. The molecule has 2 heterocycles. The summed E-state index contributed by atoms with van der Waals surface area (Å²) in [5.74, 6) is 0.851. The maximum Gasteiger partial charge on any atom is 0.0488 e. The van der Waals surface area contributed by atoms with Crippen molar-refractivity contribution in [2.45, 2.75) is 33.1 Å². The fraction of sp³-hybridized carbons (Fsp3) is 0.500. The molecule has 2 aromatic rings. The zero-order chi connectivity index (χ0) is 12.5. The van der Waals surface area contributed by atoms with Crippen LogP contribution in [0.1, 0.15) is 29.7 Å². The summed E-state index contributed by atoms with van der Waals surface area (Å²) in [4.78, 5) is 3.57. The van der Waals surface area contributed by atoms with E-state index in [-0.39, 0.29) is 0 Å². The van der Waals surface area contributed by atoms with E-state index in [1.165, 1.54) is 54.5 Å². The third-order valence-corrected chi connectivity index (χ3v) is 4.31. The summed E-state index contributed by atoms with van der Waals surface area (Å²) in [5.41, 5.74) is 5.59. The molecule has 3 rings (SSSR count). The SMILES string of the molecule is Cc1[nH]c2c(C)cccc2c1CC1CCNCC1. The Morgan fingerprint density at radius 3 is 2.72 bits per heavy atom. The number of fused-ring (bicyclic) bond motifs is 1. The quantitative estimate of drug-likeness (QED) is 0.830. The molecule has 0 unspecified atom stereocenters. The van der Waals surface area contributed by atoms with E-state index in [2.05, 4.69) is 42.3 Å². The number of hydrogen-bond acceptors (Lipinski definition) is 1. The zero-order valence-corrected chi connectivity index (χ0v) is 11.3. The average Bonchev–Trinajstić information content (AvgIpc) is 2.70. The number of nitrogens with one attached hydrogen (secondary N) is 2. The van der Waals surface area contributed by atoms with Crippen LogP contribution in [0.5, 0.6) is 0 Å². The summed E-state index contributed by atoms with van der Waals surface area (Å²) in [6.45, 7) is 6.78. The third kappa shape index (κ3) is 2.05. The highest BCUT2D eigenvalue weighted by Crippen LogP contribution is 2.28. The highest BCUT2D eigenvalue weighted by Gasteiger charge is 2.17. The second kappa shape index (κ2) is 4.77. The minimum atomic E-state index is 0.851. The normalized spacial score (nSPS) is 17.4. The van der Waals surface area contributed by atoms with Gasteiger partial charge in [0.1, 0.15) is 0 Å². The highest BCUT2D eigenvalue weighted by molar-refractivity contribution is 5.87. The molecule has 0 spiro atoms. The first kappa shape index (κ1) is 11.8. The zero-order valence-electron chi connectivity index (χ0n) is 11.3. The van der Waals surface area contributed by atoms with Gasteiger partial charge < -0.3 is 10.3 Å². The maximum atomic E-state index is 3.57. The molecule has 2 nitrogen and oxygen atoms in total. The minimum Gasteiger partial charge on any atom is -0.358 e. The predicted octanol–water partition coefficient (Wildman–Crippen LogP) is 3.33. The number of hydrogen-bond donors (Lipinski definition) is 2. The maximum absolute atomic E-state index is 3.57. The first-order chi connectivity index (χ1) is 8.75. The van der Waals surface area contributed by atoms with Gasteiger partial charge in [0.05, 0.1) is 0 Å². The molecule has 96 valence electrons. The predicted molar refractivity (Wildman–Crippen MR) is 77.1 cm³/mol. The Morgan fingerprint density at radius 1 is 1.17 bits per heavy atom. The van der Waals surface area contributed by atoms with E-state index >= 15 is 0 Å². The molecule has 2 N–H and O–H groups in total. The van der Waals surface area contributed by atoms with Gasteiger partial charge in [0.25, 0.3) is 0 Å². The summed E-state index contributed by atoms with van der Waals surface area (Å²) in [7, 11) is 0. The molecule has 1 aliphatic heterocycles. The van der Waals surface area contributed by atoms with Crippen LogP contribution in [0.3, 0.4) is 0 Å². The number of rotatable bonds is 2. The van der Waals surface area contributed by atoms with Crippen LogP contribution in [0.2, 0.25) is 0 Å². The monoisotopic (exact) mass is 242 g/mol. The molecule has 0 amide bonds. The lowest BCUT2D eigenvalue weighted by atomic mass is 9.90. The van der Waals surface area contributed by atoms with Crippen LogP contribution >= 0.6 is 0 Å². The van der Waals surface area contributed by atoms with E-state index < -0.39 is 0 Å². The minimum absolute atomic E-state index is 0.851. The smallest absolute Gasteiger partial charge is 0.0488 e. The number of aromatic amines is 1. The van der Waals surface area contributed by atoms with Gasteiger partial charge in [-0.2, -0.15) is 0 Å². The number of para-hydroxylation sites is 1. The lowest BCUT2D eigenvalue weighted by Gasteiger charge is -2.22. The van der Waals surface area contributed by atoms with Crippen molar-refractivity contribution in [3.8, 4) is 0 Å². The fourth-order valence-electron chi connectivity index (χ4n) is 3.19. The van der Waals surface area contributed by atoms with Crippen molar-refractivity contribution in [2.75, 3.05) is 13.1 Å². The van der Waals surface area contributed by atoms with Crippen molar-refractivity contribution in [1.82, 2.24) is 10.3 Å². The molecular weight excluding hydrogens is 220 g/mol. The van der Waals surface area contributed by atoms with Gasteiger partial charge in [-0.1, -0.05) is 18.2 Å². The van der Waals surface area contributed by atoms with Gasteiger partial charge in [-0.25, -0.2) is 0 Å². The van der Waals surface area contributed by atoms with Gasteiger partial charge >= 0.3 is 0 Å². The molecular formula is C16H22N2. The molecule has 1 saturated heterocycles. The largest absolute Gasteiger partial charge is 0.358 e. The van der Waals surface area contributed by atoms with Crippen molar-refractivity contribution in [2.24, 2.45) is 5.92 Å². The topological polar surface area (TPSA) is 27.8 Å². The Balaban J connectivity index is 1.95. The van der Waals surface area contributed by atoms with E-state index in [9.17, 15) is 0 Å². The highest BCUT2D eigenvalue weighted by atomic mass is 14.9. The van der Waals surface area contributed by atoms with E-state index in [0.29, 0.717) is 0 Å². The summed E-state index contributed by atoms with van der Waals surface area (Å²) in [6, 6.07) is 6.63. The van der Waals surface area contributed by atoms with Gasteiger partial charge in [0.2, 0.25) is 0 Å². The second-order valence-corrected chi connectivity index (χ2v) is 5.62. The molecule has 18 heavy (non-hydrogen) atoms.